The number of hydrogen-bond acceptors (Lipinski definition) is 1. The lowest BCUT2D eigenvalue weighted by atomic mass is 9.99. The minimum absolute atomic E-state index is 0.239. The van der Waals surface area contributed by atoms with Crippen LogP contribution in [0.2, 0.25) is 0 Å². The van der Waals surface area contributed by atoms with E-state index in [9.17, 15) is 4.79 Å². The fraction of sp³-hybridized carbons (Fsp3) is 0.929. The molecular weight excluding hydrogens is 198 g/mol. The lowest BCUT2D eigenvalue weighted by molar-refractivity contribution is -0.121. The van der Waals surface area contributed by atoms with Crippen molar-refractivity contribution in [2.45, 2.75) is 72.1 Å². The van der Waals surface area contributed by atoms with E-state index in [0.717, 1.165) is 13.0 Å². The van der Waals surface area contributed by atoms with Gasteiger partial charge in [-0.1, -0.05) is 52.9 Å². The van der Waals surface area contributed by atoms with Crippen LogP contribution in [0.4, 0.5) is 0 Å². The molecule has 16 heavy (non-hydrogen) atoms. The van der Waals surface area contributed by atoms with Gasteiger partial charge in [0.25, 0.3) is 0 Å². The molecular formula is C14H29NO. The minimum atomic E-state index is 0.239. The van der Waals surface area contributed by atoms with E-state index in [4.69, 9.17) is 0 Å². The predicted molar refractivity (Wildman–Crippen MR) is 70.5 cm³/mol. The van der Waals surface area contributed by atoms with Crippen molar-refractivity contribution in [1.29, 1.82) is 0 Å². The van der Waals surface area contributed by atoms with Crippen LogP contribution in [-0.2, 0) is 4.79 Å². The molecule has 0 bridgehead atoms. The lowest BCUT2D eigenvalue weighted by Crippen LogP contribution is -2.28. The molecule has 2 heteroatoms. The van der Waals surface area contributed by atoms with E-state index in [1.165, 1.54) is 38.5 Å². The van der Waals surface area contributed by atoms with E-state index in [1.807, 2.05) is 0 Å². The van der Waals surface area contributed by atoms with Crippen LogP contribution in [-0.4, -0.2) is 12.5 Å². The van der Waals surface area contributed by atoms with Crippen LogP contribution in [0.5, 0.6) is 0 Å². The molecule has 96 valence electrons. The summed E-state index contributed by atoms with van der Waals surface area (Å²) in [4.78, 5) is 11.5. The molecule has 0 heterocycles. The number of nitrogens with one attached hydrogen (secondary N) is 1. The van der Waals surface area contributed by atoms with Gasteiger partial charge in [0.15, 0.2) is 0 Å². The molecule has 1 amide bonds. The van der Waals surface area contributed by atoms with Gasteiger partial charge in [-0.15, -0.1) is 0 Å². The van der Waals surface area contributed by atoms with E-state index < -0.39 is 0 Å². The van der Waals surface area contributed by atoms with Crippen LogP contribution in [0.1, 0.15) is 72.1 Å². The molecule has 0 unspecified atom stereocenters. The van der Waals surface area contributed by atoms with Crippen molar-refractivity contribution in [3.8, 4) is 0 Å². The van der Waals surface area contributed by atoms with Gasteiger partial charge in [0, 0.05) is 13.0 Å². The molecule has 0 aliphatic rings. The summed E-state index contributed by atoms with van der Waals surface area (Å²) in [5.74, 6) is 0.915. The monoisotopic (exact) mass is 227 g/mol. The van der Waals surface area contributed by atoms with Crippen molar-refractivity contribution in [3.05, 3.63) is 0 Å². The van der Waals surface area contributed by atoms with E-state index in [0.29, 0.717) is 12.3 Å². The molecule has 0 spiro atoms. The summed E-state index contributed by atoms with van der Waals surface area (Å²) in [6.07, 6.45) is 9.05. The molecule has 0 saturated heterocycles. The van der Waals surface area contributed by atoms with Gasteiger partial charge >= 0.3 is 0 Å². The Morgan fingerprint density at radius 1 is 1.06 bits per heavy atom. The van der Waals surface area contributed by atoms with Gasteiger partial charge < -0.3 is 5.32 Å². The molecule has 1 N–H and O–H groups in total. The van der Waals surface area contributed by atoms with Gasteiger partial charge in [0.1, 0.15) is 0 Å². The zero-order valence-corrected chi connectivity index (χ0v) is 11.3. The number of hydrogen-bond donors (Lipinski definition) is 1. The van der Waals surface area contributed by atoms with Crippen molar-refractivity contribution in [3.63, 3.8) is 0 Å². The maximum atomic E-state index is 11.5. The topological polar surface area (TPSA) is 29.1 Å². The standard InChI is InChI=1S/C14H29NO/c1-4-7-9-11-14(16)15-12-13(6-3)10-8-5-2/h13H,4-12H2,1-3H3,(H,15,16)/t13-/m1/s1. The Bertz CT molecular complexity index is 168. The maximum Gasteiger partial charge on any atom is 0.220 e. The third-order valence-corrected chi connectivity index (χ3v) is 3.14. The number of unbranched alkanes of at least 4 members (excludes halogenated alkanes) is 3. The van der Waals surface area contributed by atoms with Crippen molar-refractivity contribution < 1.29 is 4.79 Å². The normalized spacial score (nSPS) is 12.4. The van der Waals surface area contributed by atoms with Crippen molar-refractivity contribution >= 4 is 5.91 Å². The van der Waals surface area contributed by atoms with Gasteiger partial charge in [-0.3, -0.25) is 4.79 Å². The van der Waals surface area contributed by atoms with Crippen molar-refractivity contribution in [1.82, 2.24) is 5.32 Å². The van der Waals surface area contributed by atoms with Crippen LogP contribution in [0.25, 0.3) is 0 Å². The average molecular weight is 227 g/mol. The molecule has 0 aromatic carbocycles. The fourth-order valence-electron chi connectivity index (χ4n) is 1.83. The Balaban J connectivity index is 3.54. The Kier molecular flexibility index (Phi) is 10.6. The second-order valence-corrected chi connectivity index (χ2v) is 4.68. The molecule has 0 aliphatic carbocycles. The van der Waals surface area contributed by atoms with Crippen LogP contribution >= 0.6 is 0 Å². The summed E-state index contributed by atoms with van der Waals surface area (Å²) in [6, 6.07) is 0. The Labute approximate surface area is 101 Å². The molecule has 0 fully saturated rings. The Morgan fingerprint density at radius 3 is 2.31 bits per heavy atom. The smallest absolute Gasteiger partial charge is 0.220 e. The van der Waals surface area contributed by atoms with E-state index in [2.05, 4.69) is 26.1 Å². The molecule has 0 radical (unpaired) electrons. The summed E-state index contributed by atoms with van der Waals surface area (Å²) in [5, 5.41) is 3.06. The highest BCUT2D eigenvalue weighted by molar-refractivity contribution is 5.75. The molecule has 0 rings (SSSR count). The maximum absolute atomic E-state index is 11.5. The van der Waals surface area contributed by atoms with Crippen LogP contribution < -0.4 is 5.32 Å². The van der Waals surface area contributed by atoms with Gasteiger partial charge in [0.2, 0.25) is 5.91 Å². The first-order chi connectivity index (χ1) is 7.74. The Morgan fingerprint density at radius 2 is 1.75 bits per heavy atom. The highest BCUT2D eigenvalue weighted by atomic mass is 16.1. The zero-order valence-electron chi connectivity index (χ0n) is 11.3. The summed E-state index contributed by atoms with van der Waals surface area (Å²) in [6.45, 7) is 7.47. The zero-order chi connectivity index (χ0) is 12.2. The van der Waals surface area contributed by atoms with Gasteiger partial charge in [-0.2, -0.15) is 0 Å². The Hall–Kier alpha value is -0.530. The fourth-order valence-corrected chi connectivity index (χ4v) is 1.83. The lowest BCUT2D eigenvalue weighted by Gasteiger charge is -2.15. The van der Waals surface area contributed by atoms with Gasteiger partial charge in [-0.25, -0.2) is 0 Å². The van der Waals surface area contributed by atoms with E-state index >= 15 is 0 Å². The summed E-state index contributed by atoms with van der Waals surface area (Å²) >= 11 is 0. The van der Waals surface area contributed by atoms with Crippen molar-refractivity contribution in [2.75, 3.05) is 6.54 Å². The van der Waals surface area contributed by atoms with Crippen LogP contribution in [0.15, 0.2) is 0 Å². The molecule has 2 nitrogen and oxygen atoms in total. The van der Waals surface area contributed by atoms with E-state index in [1.54, 1.807) is 0 Å². The van der Waals surface area contributed by atoms with Crippen molar-refractivity contribution in [2.24, 2.45) is 5.92 Å². The SMILES string of the molecule is CCCCCC(=O)NC[C@H](CC)CCCC. The van der Waals surface area contributed by atoms with Gasteiger partial charge in [0.05, 0.1) is 0 Å². The number of carbonyl (C=O) groups is 1. The summed E-state index contributed by atoms with van der Waals surface area (Å²) in [7, 11) is 0. The number of rotatable bonds is 10. The van der Waals surface area contributed by atoms with Crippen LogP contribution in [0, 0.1) is 5.92 Å². The predicted octanol–water partition coefficient (Wildman–Crippen LogP) is 3.90. The second-order valence-electron chi connectivity index (χ2n) is 4.68. The van der Waals surface area contributed by atoms with Gasteiger partial charge in [-0.05, 0) is 18.8 Å². The largest absolute Gasteiger partial charge is 0.356 e. The van der Waals surface area contributed by atoms with E-state index in [-0.39, 0.29) is 5.91 Å². The van der Waals surface area contributed by atoms with Crippen LogP contribution in [0.3, 0.4) is 0 Å². The second kappa shape index (κ2) is 11.0. The first-order valence-corrected chi connectivity index (χ1v) is 7.01. The molecule has 0 saturated carbocycles. The number of amides is 1. The third-order valence-electron chi connectivity index (χ3n) is 3.14. The molecule has 0 aromatic heterocycles. The summed E-state index contributed by atoms with van der Waals surface area (Å²) in [5.41, 5.74) is 0. The first-order valence-electron chi connectivity index (χ1n) is 7.01. The average Bonchev–Trinajstić information content (AvgIpc) is 2.30. The minimum Gasteiger partial charge on any atom is -0.356 e. The highest BCUT2D eigenvalue weighted by Gasteiger charge is 2.07. The first kappa shape index (κ1) is 15.5. The quantitative estimate of drug-likeness (QED) is 0.563. The number of carbonyl (C=O) groups excluding carboxylic acids is 1. The molecule has 1 atom stereocenters. The molecule has 0 aromatic rings. The third kappa shape index (κ3) is 8.75. The summed E-state index contributed by atoms with van der Waals surface area (Å²) < 4.78 is 0. The highest BCUT2D eigenvalue weighted by Crippen LogP contribution is 2.11. The molecule has 0 aliphatic heterocycles.